The van der Waals surface area contributed by atoms with E-state index >= 15 is 0 Å². The molecule has 5 heteroatoms. The third kappa shape index (κ3) is 70.2. The van der Waals surface area contributed by atoms with Crippen molar-refractivity contribution in [3.05, 3.63) is 243 Å². The molecule has 0 bridgehead atoms. The molecular weight excluding hydrogens is 1050 g/mol. The van der Waals surface area contributed by atoms with Crippen LogP contribution in [0.3, 0.4) is 0 Å². The van der Waals surface area contributed by atoms with Crippen LogP contribution in [0, 0.1) is 0 Å². The van der Waals surface area contributed by atoms with Crippen LogP contribution in [-0.2, 0) is 19.1 Å². The Morgan fingerprint density at radius 3 is 0.698 bits per heavy atom. The largest absolute Gasteiger partial charge is 0.462 e. The van der Waals surface area contributed by atoms with Gasteiger partial charge in [-0.1, -0.05) is 295 Å². The van der Waals surface area contributed by atoms with Crippen LogP contribution in [0.5, 0.6) is 0 Å². The molecule has 0 saturated carbocycles. The molecule has 0 aromatic rings. The summed E-state index contributed by atoms with van der Waals surface area (Å²) in [4.78, 5) is 24.6. The van der Waals surface area contributed by atoms with E-state index in [9.17, 15) is 14.7 Å². The molecule has 0 heterocycles. The van der Waals surface area contributed by atoms with Gasteiger partial charge in [-0.25, -0.2) is 0 Å². The van der Waals surface area contributed by atoms with Crippen molar-refractivity contribution in [3.63, 3.8) is 0 Å². The molecule has 0 saturated heterocycles. The number of hydrogen-bond donors (Lipinski definition) is 1. The zero-order valence-electron chi connectivity index (χ0n) is 54.2. The van der Waals surface area contributed by atoms with Gasteiger partial charge in [-0.3, -0.25) is 9.59 Å². The lowest BCUT2D eigenvalue weighted by molar-refractivity contribution is -0.161. The molecule has 0 radical (unpaired) electrons. The van der Waals surface area contributed by atoms with Gasteiger partial charge in [0.05, 0.1) is 6.61 Å². The molecule has 1 N–H and O–H groups in total. The molecule has 0 aliphatic heterocycles. The topological polar surface area (TPSA) is 72.8 Å². The van der Waals surface area contributed by atoms with Crippen molar-refractivity contribution in [2.24, 2.45) is 0 Å². The Morgan fingerprint density at radius 2 is 0.465 bits per heavy atom. The number of ether oxygens (including phenoxy) is 2. The Bertz CT molecular complexity index is 2160. The molecule has 0 rings (SSSR count). The minimum Gasteiger partial charge on any atom is -0.462 e. The van der Waals surface area contributed by atoms with E-state index in [1.165, 1.54) is 12.8 Å². The molecule has 86 heavy (non-hydrogen) atoms. The van der Waals surface area contributed by atoms with Crippen LogP contribution in [0.25, 0.3) is 0 Å². The van der Waals surface area contributed by atoms with Crippen molar-refractivity contribution in [2.45, 2.75) is 238 Å². The van der Waals surface area contributed by atoms with Crippen molar-refractivity contribution < 1.29 is 24.2 Å². The van der Waals surface area contributed by atoms with E-state index in [0.717, 1.165) is 193 Å². The van der Waals surface area contributed by atoms with Gasteiger partial charge in [-0.05, 0) is 167 Å². The van der Waals surface area contributed by atoms with E-state index < -0.39 is 6.10 Å². The van der Waals surface area contributed by atoms with Gasteiger partial charge in [0.15, 0.2) is 6.10 Å². The minimum absolute atomic E-state index is 0.103. The second-order valence-corrected chi connectivity index (χ2v) is 21.1. The highest BCUT2D eigenvalue weighted by molar-refractivity contribution is 5.70. The summed E-state index contributed by atoms with van der Waals surface area (Å²) in [5.74, 6) is -0.657. The molecule has 5 nitrogen and oxygen atoms in total. The summed E-state index contributed by atoms with van der Waals surface area (Å²) in [6, 6.07) is 0. The number of carbonyl (C=O) groups excluding carboxylic acids is 2. The molecule has 0 fully saturated rings. The quantitative estimate of drug-likeness (QED) is 0.0373. The van der Waals surface area contributed by atoms with Crippen LogP contribution in [0.4, 0.5) is 0 Å². The SMILES string of the molecule is CC/C=C\C/C=C\C/C=C\C/C=C\C/C=C\C/C=C\C/C=C\C/C=C\C/C=C\C/C=C\CCCCCCCCC(=O)OC(CO)COC(=O)CCCCCC/C=C\C/C=C\C/C=C\C/C=C\C/C=C\C/C=C\C/C=C\C/C=C\C/C=C\C/C=C\CC. The third-order valence-electron chi connectivity index (χ3n) is 13.1. The number of hydrogen-bond acceptors (Lipinski definition) is 5. The van der Waals surface area contributed by atoms with E-state index in [4.69, 9.17) is 9.47 Å². The predicted molar refractivity (Wildman–Crippen MR) is 379 cm³/mol. The first kappa shape index (κ1) is 79.7. The number of aliphatic hydroxyl groups excluding tert-OH is 1. The Hall–Kier alpha value is -6.30. The van der Waals surface area contributed by atoms with E-state index in [1.54, 1.807) is 0 Å². The highest BCUT2D eigenvalue weighted by Gasteiger charge is 2.16. The van der Waals surface area contributed by atoms with Crippen molar-refractivity contribution in [3.8, 4) is 0 Å². The van der Waals surface area contributed by atoms with Crippen LogP contribution in [0.2, 0.25) is 0 Å². The summed E-state index contributed by atoms with van der Waals surface area (Å²) in [5.41, 5.74) is 0. The van der Waals surface area contributed by atoms with Gasteiger partial charge in [-0.2, -0.15) is 0 Å². The van der Waals surface area contributed by atoms with Gasteiger partial charge in [0.1, 0.15) is 6.61 Å². The van der Waals surface area contributed by atoms with Crippen LogP contribution in [0.15, 0.2) is 243 Å². The summed E-state index contributed by atoms with van der Waals surface area (Å²) in [6.07, 6.45) is 121. The molecule has 0 spiro atoms. The lowest BCUT2D eigenvalue weighted by Crippen LogP contribution is -2.28. The van der Waals surface area contributed by atoms with Gasteiger partial charge >= 0.3 is 11.9 Å². The van der Waals surface area contributed by atoms with Crippen molar-refractivity contribution in [1.29, 1.82) is 0 Å². The lowest BCUT2D eigenvalue weighted by Gasteiger charge is -2.15. The molecule has 0 aliphatic rings. The second kappa shape index (κ2) is 73.0. The number of esters is 2. The fraction of sp³-hybridized carbons (Fsp3) is 0.481. The van der Waals surface area contributed by atoms with E-state index in [2.05, 4.69) is 257 Å². The first-order valence-electron chi connectivity index (χ1n) is 33.6. The van der Waals surface area contributed by atoms with Crippen LogP contribution in [0.1, 0.15) is 232 Å². The fourth-order valence-corrected chi connectivity index (χ4v) is 8.20. The summed E-state index contributed by atoms with van der Waals surface area (Å²) in [7, 11) is 0. The van der Waals surface area contributed by atoms with Crippen LogP contribution < -0.4 is 0 Å². The van der Waals surface area contributed by atoms with Gasteiger partial charge in [0, 0.05) is 12.8 Å². The molecule has 0 aliphatic carbocycles. The van der Waals surface area contributed by atoms with Gasteiger partial charge in [0.25, 0.3) is 0 Å². The summed E-state index contributed by atoms with van der Waals surface area (Å²) in [6.45, 7) is 3.86. The Morgan fingerprint density at radius 1 is 0.267 bits per heavy atom. The molecule has 1 atom stereocenters. The van der Waals surface area contributed by atoms with E-state index in [0.29, 0.717) is 12.8 Å². The number of aliphatic hydroxyl groups is 1. The van der Waals surface area contributed by atoms with E-state index in [1.807, 2.05) is 0 Å². The first-order valence-corrected chi connectivity index (χ1v) is 33.6. The number of carbonyl (C=O) groups is 2. The Kier molecular flexibility index (Phi) is 67.6. The summed E-state index contributed by atoms with van der Waals surface area (Å²) < 4.78 is 10.7. The fourth-order valence-electron chi connectivity index (χ4n) is 8.20. The van der Waals surface area contributed by atoms with Crippen LogP contribution >= 0.6 is 0 Å². The number of allylic oxidation sites excluding steroid dienone is 40. The summed E-state index contributed by atoms with van der Waals surface area (Å²) >= 11 is 0. The number of rotatable bonds is 58. The normalized spacial score (nSPS) is 13.8. The molecular formula is C81H120O5. The average Bonchev–Trinajstić information content (AvgIpc) is 3.53. The molecule has 0 aromatic carbocycles. The Balaban J connectivity index is 3.71. The van der Waals surface area contributed by atoms with E-state index in [-0.39, 0.29) is 25.2 Å². The lowest BCUT2D eigenvalue weighted by atomic mass is 10.1. The number of unbranched alkanes of at least 4 members (excludes halogenated alkanes) is 10. The zero-order chi connectivity index (χ0) is 61.9. The molecule has 1 unspecified atom stereocenters. The molecule has 474 valence electrons. The van der Waals surface area contributed by atoms with Crippen molar-refractivity contribution in [1.82, 2.24) is 0 Å². The third-order valence-corrected chi connectivity index (χ3v) is 13.1. The maximum Gasteiger partial charge on any atom is 0.306 e. The maximum atomic E-state index is 12.4. The minimum atomic E-state index is -0.813. The van der Waals surface area contributed by atoms with Gasteiger partial charge in [0.2, 0.25) is 0 Å². The molecule has 0 aromatic heterocycles. The Labute approximate surface area is 527 Å². The second-order valence-electron chi connectivity index (χ2n) is 21.1. The standard InChI is InChI=1S/C81H120O5/c1-3-5-7-9-11-13-15-17-19-21-23-25-27-29-31-33-35-37-39-40-42-44-46-48-50-52-54-56-58-60-62-64-66-68-70-72-74-76-81(84)86-79(77-82)78-85-80(83)75-73-71-69-67-65-63-61-59-57-55-53-51-49-47-45-43-41-38-36-34-32-30-28-26-24-22-20-18-16-14-12-10-8-6-4-2/h5-8,11-14,17-20,23-26,29-32,35-38,40,42-43,45-46,48-49,51-52,54-55,57-58,60-61,63,79,82H,3-4,9-10,15-16,21-22,27-28,33-34,39,41,44,47,50,53,56,59,62,64-78H2,1-2H3/b7-5-,8-6-,13-11-,14-12-,19-17-,20-18-,25-23-,26-24-,31-29-,32-30-,37-35-,38-36-,42-40-,45-43-,48-46-,51-49-,54-52-,57-55-,60-58-,63-61-. The highest BCUT2D eigenvalue weighted by Crippen LogP contribution is 2.12. The monoisotopic (exact) mass is 1170 g/mol. The average molecular weight is 1170 g/mol. The smallest absolute Gasteiger partial charge is 0.306 e. The molecule has 0 amide bonds. The first-order chi connectivity index (χ1) is 42.6. The van der Waals surface area contributed by atoms with Gasteiger partial charge in [-0.15, -0.1) is 0 Å². The van der Waals surface area contributed by atoms with Crippen molar-refractivity contribution >= 4 is 11.9 Å². The summed E-state index contributed by atoms with van der Waals surface area (Å²) in [5, 5.41) is 9.69. The van der Waals surface area contributed by atoms with Crippen molar-refractivity contribution in [2.75, 3.05) is 13.2 Å². The highest BCUT2D eigenvalue weighted by atomic mass is 16.6. The van der Waals surface area contributed by atoms with Gasteiger partial charge < -0.3 is 14.6 Å². The predicted octanol–water partition coefficient (Wildman–Crippen LogP) is 23.9. The maximum absolute atomic E-state index is 12.4. The zero-order valence-corrected chi connectivity index (χ0v) is 54.2. The van der Waals surface area contributed by atoms with Crippen LogP contribution in [-0.4, -0.2) is 36.4 Å².